The quantitative estimate of drug-likeness (QED) is 0.929. The van der Waals surface area contributed by atoms with Crippen molar-refractivity contribution in [2.24, 2.45) is 5.41 Å². The van der Waals surface area contributed by atoms with Crippen molar-refractivity contribution in [3.63, 3.8) is 0 Å². The molecule has 0 spiro atoms. The standard InChI is InChI=1S/C13H20BrN3/c1-10-11(14)4-5-12(16-10)17-7-6-13(2,9-17)8-15-3/h4-5,15H,6-9H2,1-3H3. The van der Waals surface area contributed by atoms with Gasteiger partial charge >= 0.3 is 0 Å². The Morgan fingerprint density at radius 1 is 1.53 bits per heavy atom. The molecule has 1 aromatic heterocycles. The highest BCUT2D eigenvalue weighted by Gasteiger charge is 2.33. The fraction of sp³-hybridized carbons (Fsp3) is 0.615. The van der Waals surface area contributed by atoms with Crippen LogP contribution in [0.1, 0.15) is 19.0 Å². The molecule has 1 aromatic rings. The zero-order valence-electron chi connectivity index (χ0n) is 10.8. The van der Waals surface area contributed by atoms with Crippen LogP contribution in [-0.4, -0.2) is 31.7 Å². The summed E-state index contributed by atoms with van der Waals surface area (Å²) in [4.78, 5) is 7.02. The Bertz CT molecular complexity index is 408. The summed E-state index contributed by atoms with van der Waals surface area (Å²) in [5.41, 5.74) is 1.43. The normalized spacial score (nSPS) is 24.4. The predicted molar refractivity (Wildman–Crippen MR) is 75.5 cm³/mol. The van der Waals surface area contributed by atoms with Crippen molar-refractivity contribution in [2.45, 2.75) is 20.3 Å². The van der Waals surface area contributed by atoms with E-state index in [9.17, 15) is 0 Å². The van der Waals surface area contributed by atoms with Crippen LogP contribution in [0.25, 0.3) is 0 Å². The number of anilines is 1. The van der Waals surface area contributed by atoms with E-state index in [0.717, 1.165) is 35.6 Å². The summed E-state index contributed by atoms with van der Waals surface area (Å²) in [5.74, 6) is 1.10. The summed E-state index contributed by atoms with van der Waals surface area (Å²) >= 11 is 3.49. The predicted octanol–water partition coefficient (Wildman–Crippen LogP) is 2.59. The maximum Gasteiger partial charge on any atom is 0.128 e. The molecule has 0 saturated carbocycles. The van der Waals surface area contributed by atoms with Crippen molar-refractivity contribution < 1.29 is 0 Å². The minimum Gasteiger partial charge on any atom is -0.356 e. The number of aryl methyl sites for hydroxylation is 1. The van der Waals surface area contributed by atoms with E-state index in [1.807, 2.05) is 14.0 Å². The molecule has 94 valence electrons. The van der Waals surface area contributed by atoms with E-state index in [2.05, 4.69) is 50.2 Å². The Labute approximate surface area is 112 Å². The molecular formula is C13H20BrN3. The van der Waals surface area contributed by atoms with Crippen molar-refractivity contribution in [1.82, 2.24) is 10.3 Å². The molecular weight excluding hydrogens is 278 g/mol. The SMILES string of the molecule is CNCC1(C)CCN(c2ccc(Br)c(C)n2)C1. The molecule has 1 aliphatic rings. The van der Waals surface area contributed by atoms with Crippen molar-refractivity contribution in [2.75, 3.05) is 31.6 Å². The smallest absolute Gasteiger partial charge is 0.128 e. The van der Waals surface area contributed by atoms with Crippen molar-refractivity contribution >= 4 is 21.7 Å². The number of nitrogens with zero attached hydrogens (tertiary/aromatic N) is 2. The third kappa shape index (κ3) is 2.80. The third-order valence-electron chi connectivity index (χ3n) is 3.49. The lowest BCUT2D eigenvalue weighted by Crippen LogP contribution is -2.33. The van der Waals surface area contributed by atoms with E-state index in [1.165, 1.54) is 6.42 Å². The highest BCUT2D eigenvalue weighted by molar-refractivity contribution is 9.10. The summed E-state index contributed by atoms with van der Waals surface area (Å²) in [5, 5.41) is 3.29. The second-order valence-corrected chi connectivity index (χ2v) is 6.10. The van der Waals surface area contributed by atoms with Crippen LogP contribution in [0, 0.1) is 12.3 Å². The minimum atomic E-state index is 0.372. The molecule has 0 aliphatic carbocycles. The zero-order valence-corrected chi connectivity index (χ0v) is 12.3. The van der Waals surface area contributed by atoms with Gasteiger partial charge in [0, 0.05) is 24.1 Å². The van der Waals surface area contributed by atoms with E-state index in [1.54, 1.807) is 0 Å². The van der Waals surface area contributed by atoms with E-state index in [-0.39, 0.29) is 0 Å². The van der Waals surface area contributed by atoms with Crippen molar-refractivity contribution in [3.8, 4) is 0 Å². The average molecular weight is 298 g/mol. The zero-order chi connectivity index (χ0) is 12.5. The lowest BCUT2D eigenvalue weighted by atomic mass is 9.90. The van der Waals surface area contributed by atoms with Gasteiger partial charge in [-0.2, -0.15) is 0 Å². The topological polar surface area (TPSA) is 28.2 Å². The highest BCUT2D eigenvalue weighted by Crippen LogP contribution is 2.32. The molecule has 0 amide bonds. The van der Waals surface area contributed by atoms with Gasteiger partial charge in [-0.1, -0.05) is 6.92 Å². The van der Waals surface area contributed by atoms with Crippen LogP contribution in [0.4, 0.5) is 5.82 Å². The van der Waals surface area contributed by atoms with Gasteiger partial charge < -0.3 is 10.2 Å². The number of aromatic nitrogens is 1. The first-order valence-corrected chi connectivity index (χ1v) is 6.86. The summed E-state index contributed by atoms with van der Waals surface area (Å²) in [7, 11) is 2.02. The summed E-state index contributed by atoms with van der Waals surface area (Å²) < 4.78 is 1.08. The number of rotatable bonds is 3. The molecule has 1 fully saturated rings. The molecule has 1 atom stereocenters. The number of hydrogen-bond acceptors (Lipinski definition) is 3. The van der Waals surface area contributed by atoms with Gasteiger partial charge in [0.1, 0.15) is 5.82 Å². The molecule has 1 aliphatic heterocycles. The van der Waals surface area contributed by atoms with Gasteiger partial charge in [-0.05, 0) is 53.9 Å². The van der Waals surface area contributed by atoms with Crippen molar-refractivity contribution in [3.05, 3.63) is 22.3 Å². The summed E-state index contributed by atoms with van der Waals surface area (Å²) in [6.07, 6.45) is 1.23. The van der Waals surface area contributed by atoms with Crippen LogP contribution in [-0.2, 0) is 0 Å². The summed E-state index contributed by atoms with van der Waals surface area (Å²) in [6, 6.07) is 4.19. The van der Waals surface area contributed by atoms with Crippen LogP contribution in [0.15, 0.2) is 16.6 Å². The average Bonchev–Trinajstić information content (AvgIpc) is 2.65. The molecule has 2 heterocycles. The Kier molecular flexibility index (Phi) is 3.73. The molecule has 1 saturated heterocycles. The molecule has 0 radical (unpaired) electrons. The van der Waals surface area contributed by atoms with Gasteiger partial charge in [0.15, 0.2) is 0 Å². The van der Waals surface area contributed by atoms with Gasteiger partial charge in [-0.25, -0.2) is 4.98 Å². The van der Waals surface area contributed by atoms with Crippen LogP contribution in [0.2, 0.25) is 0 Å². The minimum absolute atomic E-state index is 0.372. The number of hydrogen-bond donors (Lipinski definition) is 1. The maximum atomic E-state index is 4.64. The molecule has 1 N–H and O–H groups in total. The molecule has 4 heteroatoms. The lowest BCUT2D eigenvalue weighted by molar-refractivity contribution is 0.356. The first-order valence-electron chi connectivity index (χ1n) is 6.07. The largest absolute Gasteiger partial charge is 0.356 e. The van der Waals surface area contributed by atoms with Gasteiger partial charge in [-0.3, -0.25) is 0 Å². The van der Waals surface area contributed by atoms with E-state index in [0.29, 0.717) is 5.41 Å². The number of pyridine rings is 1. The fourth-order valence-electron chi connectivity index (χ4n) is 2.50. The Morgan fingerprint density at radius 2 is 2.29 bits per heavy atom. The second kappa shape index (κ2) is 4.94. The van der Waals surface area contributed by atoms with Crippen LogP contribution < -0.4 is 10.2 Å². The van der Waals surface area contributed by atoms with Crippen LogP contribution in [0.5, 0.6) is 0 Å². The van der Waals surface area contributed by atoms with Crippen molar-refractivity contribution in [1.29, 1.82) is 0 Å². The third-order valence-corrected chi connectivity index (χ3v) is 4.33. The van der Waals surface area contributed by atoms with Gasteiger partial charge in [0.25, 0.3) is 0 Å². The van der Waals surface area contributed by atoms with Gasteiger partial charge in [-0.15, -0.1) is 0 Å². The van der Waals surface area contributed by atoms with Gasteiger partial charge in [0.2, 0.25) is 0 Å². The highest BCUT2D eigenvalue weighted by atomic mass is 79.9. The Hall–Kier alpha value is -0.610. The number of halogens is 1. The molecule has 0 aromatic carbocycles. The number of nitrogens with one attached hydrogen (secondary N) is 1. The van der Waals surface area contributed by atoms with E-state index >= 15 is 0 Å². The van der Waals surface area contributed by atoms with Gasteiger partial charge in [0.05, 0.1) is 5.69 Å². The van der Waals surface area contributed by atoms with Crippen LogP contribution in [0.3, 0.4) is 0 Å². The maximum absolute atomic E-state index is 4.64. The molecule has 1 unspecified atom stereocenters. The Balaban J connectivity index is 2.12. The Morgan fingerprint density at radius 3 is 2.94 bits per heavy atom. The first kappa shape index (κ1) is 12.8. The van der Waals surface area contributed by atoms with E-state index < -0.39 is 0 Å². The van der Waals surface area contributed by atoms with Crippen LogP contribution >= 0.6 is 15.9 Å². The lowest BCUT2D eigenvalue weighted by Gasteiger charge is -2.24. The monoisotopic (exact) mass is 297 g/mol. The van der Waals surface area contributed by atoms with E-state index in [4.69, 9.17) is 0 Å². The first-order chi connectivity index (χ1) is 8.04. The second-order valence-electron chi connectivity index (χ2n) is 5.25. The molecule has 17 heavy (non-hydrogen) atoms. The molecule has 2 rings (SSSR count). The summed E-state index contributed by atoms with van der Waals surface area (Å²) in [6.45, 7) is 7.64. The molecule has 3 nitrogen and oxygen atoms in total. The fourth-order valence-corrected chi connectivity index (χ4v) is 2.72. The molecule has 0 bridgehead atoms.